The van der Waals surface area contributed by atoms with Crippen LogP contribution in [0.2, 0.25) is 0 Å². The van der Waals surface area contributed by atoms with Crippen molar-refractivity contribution >= 4 is 11.5 Å². The number of hydrogen-bond acceptors (Lipinski definition) is 4. The van der Waals surface area contributed by atoms with Crippen molar-refractivity contribution in [3.05, 3.63) is 10.8 Å². The van der Waals surface area contributed by atoms with Gasteiger partial charge in [-0.25, -0.2) is 4.98 Å². The highest BCUT2D eigenvalue weighted by atomic mass is 32.1. The van der Waals surface area contributed by atoms with Gasteiger partial charge in [-0.1, -0.05) is 0 Å². The molecule has 0 aromatic carbocycles. The number of aryl methyl sites for hydroxylation is 1. The Morgan fingerprint density at radius 3 is 2.90 bits per heavy atom. The minimum absolute atomic E-state index is 0.542. The second-order valence-corrected chi connectivity index (χ2v) is 2.82. The fourth-order valence-electron chi connectivity index (χ4n) is 0.593. The fraction of sp³-hybridized carbons (Fsp3) is 0.667. The first-order valence-corrected chi connectivity index (χ1v) is 3.97. The van der Waals surface area contributed by atoms with Crippen LogP contribution in [0.4, 0.5) is 0 Å². The molecule has 0 N–H and O–H groups in total. The average Bonchev–Trinajstić information content (AvgIpc) is 2.31. The summed E-state index contributed by atoms with van der Waals surface area (Å²) in [6.07, 6.45) is 0. The predicted octanol–water partition coefficient (Wildman–Crippen LogP) is 1.38. The Morgan fingerprint density at radius 2 is 2.40 bits per heavy atom. The van der Waals surface area contributed by atoms with Gasteiger partial charge in [0.05, 0.1) is 0 Å². The number of nitrogens with zero attached hydrogens (tertiary/aromatic N) is 2. The van der Waals surface area contributed by atoms with Crippen molar-refractivity contribution < 1.29 is 4.74 Å². The molecule has 0 saturated carbocycles. The third-order valence-electron chi connectivity index (χ3n) is 1.00. The van der Waals surface area contributed by atoms with Crippen LogP contribution in [0.1, 0.15) is 17.8 Å². The summed E-state index contributed by atoms with van der Waals surface area (Å²) in [6, 6.07) is 0. The van der Waals surface area contributed by atoms with E-state index in [9.17, 15) is 0 Å². The molecule has 0 spiro atoms. The molecule has 0 aliphatic rings. The quantitative estimate of drug-likeness (QED) is 0.666. The summed E-state index contributed by atoms with van der Waals surface area (Å²) >= 11 is 1.41. The highest BCUT2D eigenvalue weighted by molar-refractivity contribution is 7.05. The van der Waals surface area contributed by atoms with Gasteiger partial charge in [0, 0.05) is 6.61 Å². The minimum Gasteiger partial charge on any atom is -0.374 e. The third-order valence-corrected chi connectivity index (χ3v) is 1.66. The van der Waals surface area contributed by atoms with E-state index in [-0.39, 0.29) is 0 Å². The van der Waals surface area contributed by atoms with E-state index in [1.165, 1.54) is 11.5 Å². The summed E-state index contributed by atoms with van der Waals surface area (Å²) in [5.41, 5.74) is 0. The topological polar surface area (TPSA) is 35.0 Å². The molecule has 0 unspecified atom stereocenters. The lowest BCUT2D eigenvalue weighted by atomic mass is 10.6. The summed E-state index contributed by atoms with van der Waals surface area (Å²) in [4.78, 5) is 4.13. The smallest absolute Gasteiger partial charge is 0.168 e. The Labute approximate surface area is 64.2 Å². The van der Waals surface area contributed by atoms with Gasteiger partial charge in [-0.05, 0) is 25.4 Å². The normalized spacial score (nSPS) is 10.2. The SMILES string of the molecule is CCOCc1nsc(C)n1. The van der Waals surface area contributed by atoms with Crippen LogP contribution in [0.3, 0.4) is 0 Å². The molecule has 56 valence electrons. The van der Waals surface area contributed by atoms with E-state index in [2.05, 4.69) is 9.36 Å². The van der Waals surface area contributed by atoms with Crippen molar-refractivity contribution in [3.8, 4) is 0 Å². The number of aromatic nitrogens is 2. The molecule has 0 bridgehead atoms. The maximum atomic E-state index is 5.11. The van der Waals surface area contributed by atoms with E-state index in [0.29, 0.717) is 6.61 Å². The van der Waals surface area contributed by atoms with Crippen LogP contribution in [-0.4, -0.2) is 16.0 Å². The largest absolute Gasteiger partial charge is 0.374 e. The van der Waals surface area contributed by atoms with E-state index in [4.69, 9.17) is 4.74 Å². The molecule has 10 heavy (non-hydrogen) atoms. The predicted molar refractivity (Wildman–Crippen MR) is 40.0 cm³/mol. The van der Waals surface area contributed by atoms with E-state index in [1.807, 2.05) is 13.8 Å². The van der Waals surface area contributed by atoms with E-state index in [0.717, 1.165) is 17.4 Å². The summed E-state index contributed by atoms with van der Waals surface area (Å²) in [6.45, 7) is 5.16. The molecular formula is C6H10N2OS. The zero-order valence-electron chi connectivity index (χ0n) is 6.13. The Kier molecular flexibility index (Phi) is 2.77. The Bertz CT molecular complexity index is 199. The first kappa shape index (κ1) is 7.63. The lowest BCUT2D eigenvalue weighted by Gasteiger charge is -1.92. The van der Waals surface area contributed by atoms with Gasteiger partial charge in [-0.3, -0.25) is 0 Å². The van der Waals surface area contributed by atoms with Crippen LogP contribution in [-0.2, 0) is 11.3 Å². The molecular weight excluding hydrogens is 148 g/mol. The van der Waals surface area contributed by atoms with Gasteiger partial charge in [-0.2, -0.15) is 4.37 Å². The standard InChI is InChI=1S/C6H10N2OS/c1-3-9-4-6-7-5(2)10-8-6/h3-4H2,1-2H3. The first-order valence-electron chi connectivity index (χ1n) is 3.20. The molecule has 0 atom stereocenters. The lowest BCUT2D eigenvalue weighted by Crippen LogP contribution is -1.93. The number of rotatable bonds is 3. The average molecular weight is 158 g/mol. The minimum atomic E-state index is 0.542. The summed E-state index contributed by atoms with van der Waals surface area (Å²) < 4.78 is 9.17. The van der Waals surface area contributed by atoms with Crippen LogP contribution in [0.25, 0.3) is 0 Å². The van der Waals surface area contributed by atoms with Crippen molar-refractivity contribution in [2.75, 3.05) is 6.61 Å². The van der Waals surface area contributed by atoms with Gasteiger partial charge >= 0.3 is 0 Å². The van der Waals surface area contributed by atoms with Crippen molar-refractivity contribution in [3.63, 3.8) is 0 Å². The second kappa shape index (κ2) is 3.63. The lowest BCUT2D eigenvalue weighted by molar-refractivity contribution is 0.129. The highest BCUT2D eigenvalue weighted by Gasteiger charge is 1.97. The fourth-order valence-corrected chi connectivity index (χ4v) is 1.07. The molecule has 0 saturated heterocycles. The summed E-state index contributed by atoms with van der Waals surface area (Å²) in [5.74, 6) is 0.796. The van der Waals surface area contributed by atoms with Gasteiger partial charge in [0.1, 0.15) is 11.6 Å². The number of ether oxygens (including phenoxy) is 1. The molecule has 0 aliphatic carbocycles. The number of hydrogen-bond donors (Lipinski definition) is 0. The Hall–Kier alpha value is -0.480. The zero-order valence-corrected chi connectivity index (χ0v) is 6.94. The summed E-state index contributed by atoms with van der Waals surface area (Å²) in [5, 5.41) is 0.995. The molecule has 1 aromatic rings. The van der Waals surface area contributed by atoms with E-state index < -0.39 is 0 Å². The molecule has 1 rings (SSSR count). The van der Waals surface area contributed by atoms with Gasteiger partial charge in [0.25, 0.3) is 0 Å². The van der Waals surface area contributed by atoms with Crippen LogP contribution < -0.4 is 0 Å². The summed E-state index contributed by atoms with van der Waals surface area (Å²) in [7, 11) is 0. The van der Waals surface area contributed by atoms with Crippen molar-refractivity contribution in [1.82, 2.24) is 9.36 Å². The molecule has 1 heterocycles. The Balaban J connectivity index is 2.42. The van der Waals surface area contributed by atoms with Gasteiger partial charge in [-0.15, -0.1) is 0 Å². The van der Waals surface area contributed by atoms with Crippen LogP contribution in [0, 0.1) is 6.92 Å². The Morgan fingerprint density at radius 1 is 1.60 bits per heavy atom. The van der Waals surface area contributed by atoms with Gasteiger partial charge in [0.15, 0.2) is 5.82 Å². The van der Waals surface area contributed by atoms with Crippen LogP contribution in [0.5, 0.6) is 0 Å². The van der Waals surface area contributed by atoms with Crippen molar-refractivity contribution in [2.24, 2.45) is 0 Å². The molecule has 0 radical (unpaired) electrons. The van der Waals surface area contributed by atoms with Crippen molar-refractivity contribution in [1.29, 1.82) is 0 Å². The highest BCUT2D eigenvalue weighted by Crippen LogP contribution is 2.02. The first-order chi connectivity index (χ1) is 4.83. The molecule has 1 aromatic heterocycles. The van der Waals surface area contributed by atoms with E-state index in [1.54, 1.807) is 0 Å². The molecule has 0 fully saturated rings. The monoisotopic (exact) mass is 158 g/mol. The van der Waals surface area contributed by atoms with Gasteiger partial charge < -0.3 is 4.74 Å². The third kappa shape index (κ3) is 2.04. The molecule has 0 amide bonds. The second-order valence-electron chi connectivity index (χ2n) is 1.87. The maximum absolute atomic E-state index is 5.11. The van der Waals surface area contributed by atoms with Gasteiger partial charge in [0.2, 0.25) is 0 Å². The zero-order chi connectivity index (χ0) is 7.40. The van der Waals surface area contributed by atoms with Crippen molar-refractivity contribution in [2.45, 2.75) is 20.5 Å². The molecule has 4 heteroatoms. The maximum Gasteiger partial charge on any atom is 0.168 e. The molecule has 0 aliphatic heterocycles. The van der Waals surface area contributed by atoms with E-state index >= 15 is 0 Å². The van der Waals surface area contributed by atoms with Crippen LogP contribution >= 0.6 is 11.5 Å². The molecule has 3 nitrogen and oxygen atoms in total. The van der Waals surface area contributed by atoms with Crippen LogP contribution in [0.15, 0.2) is 0 Å².